The largest absolute Gasteiger partial charge is 0.440 e. The van der Waals surface area contributed by atoms with Crippen LogP contribution in [-0.4, -0.2) is 12.6 Å². The summed E-state index contributed by atoms with van der Waals surface area (Å²) in [4.78, 5) is 22.9. The van der Waals surface area contributed by atoms with Gasteiger partial charge in [-0.1, -0.05) is 0 Å². The number of halogens is 4. The maximum Gasteiger partial charge on any atom is 0.440 e. The summed E-state index contributed by atoms with van der Waals surface area (Å²) in [7, 11) is 0. The van der Waals surface area contributed by atoms with Gasteiger partial charge in [-0.2, -0.15) is 16.1 Å². The molecule has 1 aliphatic rings. The Labute approximate surface area is 100 Å². The molecule has 0 unspecified atom stereocenters. The van der Waals surface area contributed by atoms with E-state index in [1.807, 2.05) is 0 Å². The highest BCUT2D eigenvalue weighted by Gasteiger charge is 2.40. The third kappa shape index (κ3) is 1.87. The lowest BCUT2D eigenvalue weighted by Gasteiger charge is -2.08. The molecule has 9 heteroatoms. The van der Waals surface area contributed by atoms with Crippen LogP contribution >= 0.6 is 22.9 Å². The molecule has 1 aromatic rings. The van der Waals surface area contributed by atoms with Crippen LogP contribution in [0.2, 0.25) is 0 Å². The monoisotopic (exact) mass is 347 g/mol. The molecule has 2 rings (SSSR count). The minimum Gasteiger partial charge on any atom is -0.267 e. The second-order valence-electron chi connectivity index (χ2n) is 3.40. The number of aromatic nitrogens is 3. The molecule has 0 N–H and O–H groups in total. The fourth-order valence-electron chi connectivity index (χ4n) is 1.30. The van der Waals surface area contributed by atoms with Crippen LogP contribution in [0.15, 0.2) is 9.59 Å². The van der Waals surface area contributed by atoms with Crippen LogP contribution in [0.1, 0.15) is 24.6 Å². The molecule has 0 aliphatic heterocycles. The van der Waals surface area contributed by atoms with Gasteiger partial charge in [0.05, 0.1) is 22.9 Å². The summed E-state index contributed by atoms with van der Waals surface area (Å²) in [5.41, 5.74) is -3.72. The van der Waals surface area contributed by atoms with E-state index in [1.165, 1.54) is 22.9 Å². The van der Waals surface area contributed by atoms with E-state index in [2.05, 4.69) is 5.10 Å². The van der Waals surface area contributed by atoms with Crippen LogP contribution in [-0.2, 0) is 6.18 Å². The van der Waals surface area contributed by atoms with Crippen molar-refractivity contribution in [2.24, 2.45) is 0 Å². The molecule has 0 amide bonds. The standard InChI is InChI=1S/C7H5F3IN3O2/c8-7(9,10)4-5(15)13(3-1-2-3)6(16)14(11)12-4/h3H,1-2H2. The maximum absolute atomic E-state index is 12.4. The molecule has 0 spiro atoms. The SMILES string of the molecule is O=c1c(C(F)(F)F)nn(I)c(=O)n1C1CC1. The van der Waals surface area contributed by atoms with Gasteiger partial charge in [-0.25, -0.2) is 4.79 Å². The minimum atomic E-state index is -4.84. The van der Waals surface area contributed by atoms with Gasteiger partial charge in [0, 0.05) is 6.04 Å². The fraction of sp³-hybridized carbons (Fsp3) is 0.571. The number of hydrogen-bond donors (Lipinski definition) is 0. The summed E-state index contributed by atoms with van der Waals surface area (Å²) >= 11 is 1.33. The van der Waals surface area contributed by atoms with E-state index in [9.17, 15) is 22.8 Å². The van der Waals surface area contributed by atoms with Crippen LogP contribution in [0.4, 0.5) is 13.2 Å². The zero-order valence-electron chi connectivity index (χ0n) is 7.66. The van der Waals surface area contributed by atoms with Gasteiger partial charge in [-0.05, 0) is 12.8 Å². The predicted octanol–water partition coefficient (Wildman–Crippen LogP) is 0.957. The van der Waals surface area contributed by atoms with E-state index in [1.54, 1.807) is 0 Å². The van der Waals surface area contributed by atoms with Crippen molar-refractivity contribution >= 4 is 22.9 Å². The predicted molar refractivity (Wildman–Crippen MR) is 55.4 cm³/mol. The summed E-state index contributed by atoms with van der Waals surface area (Å²) < 4.78 is 38.4. The van der Waals surface area contributed by atoms with Crippen molar-refractivity contribution in [3.63, 3.8) is 0 Å². The lowest BCUT2D eigenvalue weighted by atomic mass is 10.4. The van der Waals surface area contributed by atoms with E-state index in [4.69, 9.17) is 0 Å². The Bertz CT molecular complexity index is 543. The third-order valence-corrected chi connectivity index (χ3v) is 2.78. The zero-order chi connectivity index (χ0) is 12.1. The van der Waals surface area contributed by atoms with E-state index in [0.29, 0.717) is 20.3 Å². The molecule has 0 bridgehead atoms. The van der Waals surface area contributed by atoms with Crippen LogP contribution < -0.4 is 11.2 Å². The Morgan fingerprint density at radius 2 is 1.88 bits per heavy atom. The maximum atomic E-state index is 12.4. The van der Waals surface area contributed by atoms with Gasteiger partial charge in [-0.3, -0.25) is 9.36 Å². The first-order valence-corrected chi connectivity index (χ1v) is 5.28. The third-order valence-electron chi connectivity index (χ3n) is 2.15. The van der Waals surface area contributed by atoms with Crippen molar-refractivity contribution in [1.29, 1.82) is 0 Å². The molecule has 16 heavy (non-hydrogen) atoms. The molecule has 0 radical (unpaired) electrons. The van der Waals surface area contributed by atoms with Crippen molar-refractivity contribution in [2.45, 2.75) is 25.1 Å². The molecule has 88 valence electrons. The van der Waals surface area contributed by atoms with E-state index in [-0.39, 0.29) is 0 Å². The fourth-order valence-corrected chi connectivity index (χ4v) is 1.74. The molecule has 0 saturated heterocycles. The first-order valence-electron chi connectivity index (χ1n) is 4.31. The summed E-state index contributed by atoms with van der Waals surface area (Å²) in [6, 6.07) is -0.412. The summed E-state index contributed by atoms with van der Waals surface area (Å²) in [5.74, 6) is 0. The first kappa shape index (κ1) is 11.6. The zero-order valence-corrected chi connectivity index (χ0v) is 9.82. The first-order chi connectivity index (χ1) is 7.32. The smallest absolute Gasteiger partial charge is 0.267 e. The molecule has 1 fully saturated rings. The van der Waals surface area contributed by atoms with Crippen molar-refractivity contribution < 1.29 is 13.2 Å². The van der Waals surface area contributed by atoms with Gasteiger partial charge in [0.1, 0.15) is 0 Å². The van der Waals surface area contributed by atoms with Crippen LogP contribution in [0.3, 0.4) is 0 Å². The average Bonchev–Trinajstić information content (AvgIpc) is 2.93. The molecule has 1 aliphatic carbocycles. The van der Waals surface area contributed by atoms with Crippen molar-refractivity contribution in [3.05, 3.63) is 26.5 Å². The second kappa shape index (κ2) is 3.57. The molecule has 1 heterocycles. The number of hydrogen-bond acceptors (Lipinski definition) is 3. The molecular weight excluding hydrogens is 342 g/mol. The molecular formula is C7H5F3IN3O2. The quantitative estimate of drug-likeness (QED) is 0.711. The van der Waals surface area contributed by atoms with Crippen molar-refractivity contribution in [2.75, 3.05) is 0 Å². The number of alkyl halides is 3. The molecule has 1 aromatic heterocycles. The Kier molecular flexibility index (Phi) is 2.59. The molecule has 1 saturated carbocycles. The Hall–Kier alpha value is -0.870. The second-order valence-corrected chi connectivity index (χ2v) is 4.31. The van der Waals surface area contributed by atoms with E-state index in [0.717, 1.165) is 0 Å². The molecule has 0 atom stereocenters. The van der Waals surface area contributed by atoms with E-state index >= 15 is 0 Å². The summed E-state index contributed by atoms with van der Waals surface area (Å²) in [6.07, 6.45) is -3.74. The molecule has 0 aromatic carbocycles. The van der Waals surface area contributed by atoms with Gasteiger partial charge in [-0.15, -0.1) is 5.10 Å². The highest BCUT2D eigenvalue weighted by molar-refractivity contribution is 14.1. The van der Waals surface area contributed by atoms with Crippen LogP contribution in [0, 0.1) is 0 Å². The highest BCUT2D eigenvalue weighted by Crippen LogP contribution is 2.33. The Balaban J connectivity index is 2.75. The van der Waals surface area contributed by atoms with Crippen LogP contribution in [0.5, 0.6) is 0 Å². The van der Waals surface area contributed by atoms with Crippen molar-refractivity contribution in [3.8, 4) is 0 Å². The lowest BCUT2D eigenvalue weighted by molar-refractivity contribution is -0.143. The van der Waals surface area contributed by atoms with Crippen LogP contribution in [0.25, 0.3) is 0 Å². The van der Waals surface area contributed by atoms with E-state index < -0.39 is 29.2 Å². The topological polar surface area (TPSA) is 56.9 Å². The van der Waals surface area contributed by atoms with Gasteiger partial charge in [0.15, 0.2) is 0 Å². The minimum absolute atomic E-state index is 0.412. The lowest BCUT2D eigenvalue weighted by Crippen LogP contribution is -2.42. The Morgan fingerprint density at radius 3 is 2.31 bits per heavy atom. The summed E-state index contributed by atoms with van der Waals surface area (Å²) in [6.45, 7) is 0. The van der Waals surface area contributed by atoms with Gasteiger partial charge < -0.3 is 0 Å². The number of rotatable bonds is 1. The van der Waals surface area contributed by atoms with Gasteiger partial charge in [0.2, 0.25) is 5.69 Å². The van der Waals surface area contributed by atoms with Gasteiger partial charge in [0.25, 0.3) is 5.56 Å². The molecule has 5 nitrogen and oxygen atoms in total. The average molecular weight is 347 g/mol. The Morgan fingerprint density at radius 1 is 1.31 bits per heavy atom. The number of nitrogens with zero attached hydrogens (tertiary/aromatic N) is 3. The van der Waals surface area contributed by atoms with Gasteiger partial charge >= 0.3 is 11.9 Å². The van der Waals surface area contributed by atoms with Crippen molar-refractivity contribution in [1.82, 2.24) is 12.6 Å². The highest BCUT2D eigenvalue weighted by atomic mass is 127. The normalized spacial score (nSPS) is 16.5. The summed E-state index contributed by atoms with van der Waals surface area (Å²) in [5, 5.41) is 2.95.